The van der Waals surface area contributed by atoms with Gasteiger partial charge in [0.1, 0.15) is 66.9 Å². The smallest absolute Gasteiger partial charge is 0.356 e. The molecule has 0 saturated carbocycles. The van der Waals surface area contributed by atoms with Crippen molar-refractivity contribution in [3.05, 3.63) is 238 Å². The highest BCUT2D eigenvalue weighted by atomic mass is 35.5. The number of imidazole rings is 4. The molecule has 0 radical (unpaired) electrons. The zero-order valence-electron chi connectivity index (χ0n) is 72.4. The van der Waals surface area contributed by atoms with Gasteiger partial charge in [0.25, 0.3) is 44.8 Å². The fraction of sp³-hybridized carbons (Fsp3) is 0.350. The van der Waals surface area contributed by atoms with Crippen LogP contribution in [-0.2, 0) is 138 Å². The zero-order valence-corrected chi connectivity index (χ0v) is 76.7. The number of benzene rings is 4. The number of nitrogen functional groups attached to an aromatic ring is 4. The number of furan rings is 1. The van der Waals surface area contributed by atoms with E-state index < -0.39 is 82.3 Å². The first-order valence-electron chi connectivity index (χ1n) is 40.3. The number of fused-ring (bicyclic) bond motifs is 4. The minimum absolute atomic E-state index is 0.00817. The Morgan fingerprint density at radius 3 is 1.23 bits per heavy atom. The summed E-state index contributed by atoms with van der Waals surface area (Å²) >= 11 is 5.98. The molecule has 4 aromatic carbocycles. The number of Topliss-reactive ketones (excluding diaryl/α,β-unsaturated/α-hetero) is 2. The number of aromatic amines is 4. The molecule has 0 aliphatic heterocycles. The summed E-state index contributed by atoms with van der Waals surface area (Å²) in [4.78, 5) is 128. The maximum Gasteiger partial charge on any atom is 0.356 e. The van der Waals surface area contributed by atoms with Crippen molar-refractivity contribution < 1.29 is 87.8 Å². The standard InChI is InChI=1S/C22H23N6O6P.C20H26FN6O6P.C19H24ClN6O5P.C19H25N6O5P/c1-15-3-8-18(34-15)12-33-35(30,32-11-16-4-6-17(24-2)7-5-16)14-31-10-9-28-13-25-19-20(28)26-22(23)27-21(19)29;1-3-32-19(29)13(2)26-34(30,33-10-14-5-4-6-15(21)9-14)12-31-8-7-27-11-23-16-17(27)24-20(22)25-18(16)28;1-12(13(2)27)25-32(29,31-9-14-4-3-5-15(20)8-14)11-30-7-6-26-10-22-16-17(26)23-19(21)24-18(16)28;1-13(14(2)26)24-31(28,30-10-15-6-4-3-5-7-15)12-29-9-8-25-11-21-16-17(25)22-19(20)23-18(16)27/h3-8,13H,9-12,14H2,1H3,(H3,23,26,27,29);4-6,9,11,13H,3,7-8,10,12H2,1-2H3,(H,26,30)(H3,22,24,25,28);3-5,8,10,12H,6-7,9,11H2,1-2H3,(H,25,29)(H3,21,23,24,28);3-7,11,13H,8-10,12H2,1-2H3,(H,24,28)(H3,20,22,23,27). The van der Waals surface area contributed by atoms with Gasteiger partial charge in [0.05, 0.1) is 103 Å². The number of ether oxygens (including phenoxy) is 5. The van der Waals surface area contributed by atoms with E-state index in [2.05, 4.69) is 79.9 Å². The average Bonchev–Trinajstić information content (AvgIpc) is 1.67. The van der Waals surface area contributed by atoms with E-state index in [1.54, 1.807) is 113 Å². The number of carbonyl (C=O) groups excluding carboxylic acids is 3. The van der Waals surface area contributed by atoms with Gasteiger partial charge >= 0.3 is 13.6 Å². The van der Waals surface area contributed by atoms with Crippen LogP contribution in [0.5, 0.6) is 0 Å². The minimum atomic E-state index is -3.71. The van der Waals surface area contributed by atoms with Crippen LogP contribution in [0.1, 0.15) is 75.3 Å². The first-order chi connectivity index (χ1) is 63.0. The van der Waals surface area contributed by atoms with E-state index >= 15 is 0 Å². The Morgan fingerprint density at radius 1 is 0.485 bits per heavy atom. The van der Waals surface area contributed by atoms with Crippen LogP contribution in [0.15, 0.2) is 164 Å². The van der Waals surface area contributed by atoms with Crippen molar-refractivity contribution in [1.29, 1.82) is 0 Å². The summed E-state index contributed by atoms with van der Waals surface area (Å²) in [6.45, 7) is 19.6. The Labute approximate surface area is 756 Å². The molecule has 9 heterocycles. The fourth-order valence-electron chi connectivity index (χ4n) is 11.7. The molecule has 704 valence electrons. The average molecular weight is 1930 g/mol. The molecule has 0 saturated heterocycles. The number of rotatable bonds is 45. The summed E-state index contributed by atoms with van der Waals surface area (Å²) in [5, 5.41) is 8.69. The first-order valence-corrected chi connectivity index (χ1v) is 47.8. The molecule has 13 rings (SSSR count). The molecule has 52 heteroatoms. The van der Waals surface area contributed by atoms with Crippen LogP contribution in [0.3, 0.4) is 0 Å². The molecule has 46 nitrogen and oxygen atoms in total. The number of nitrogens with zero attached hydrogens (tertiary/aromatic N) is 13. The van der Waals surface area contributed by atoms with Gasteiger partial charge in [-0.25, -0.2) is 44.4 Å². The fourth-order valence-corrected chi connectivity index (χ4v) is 18.2. The topological polar surface area (TPSA) is 624 Å². The highest BCUT2D eigenvalue weighted by Gasteiger charge is 2.33. The third kappa shape index (κ3) is 30.7. The molecular formula is C80H98ClFN24O22P4. The number of anilines is 4. The van der Waals surface area contributed by atoms with Gasteiger partial charge < -0.3 is 87.4 Å². The summed E-state index contributed by atoms with van der Waals surface area (Å²) in [5.41, 5.74) is 25.7. The molecule has 0 spiro atoms. The largest absolute Gasteiger partial charge is 0.465 e. The second-order valence-electron chi connectivity index (χ2n) is 29.0. The normalized spacial score (nSPS) is 13.9. The van der Waals surface area contributed by atoms with Crippen molar-refractivity contribution in [3.63, 3.8) is 0 Å². The lowest BCUT2D eigenvalue weighted by molar-refractivity contribution is -0.144. The van der Waals surface area contributed by atoms with Crippen molar-refractivity contribution in [2.45, 2.75) is 126 Å². The van der Waals surface area contributed by atoms with Crippen molar-refractivity contribution in [3.8, 4) is 0 Å². The van der Waals surface area contributed by atoms with Crippen molar-refractivity contribution in [1.82, 2.24) is 93.3 Å². The van der Waals surface area contributed by atoms with Crippen LogP contribution < -0.4 is 60.4 Å². The van der Waals surface area contributed by atoms with Crippen LogP contribution in [0, 0.1) is 19.3 Å². The van der Waals surface area contributed by atoms with Gasteiger partial charge in [0.2, 0.25) is 23.8 Å². The molecule has 9 aromatic heterocycles. The zero-order chi connectivity index (χ0) is 95.3. The first kappa shape index (κ1) is 102. The lowest BCUT2D eigenvalue weighted by Crippen LogP contribution is -2.34. The molecule has 0 aliphatic rings. The predicted octanol–water partition coefficient (Wildman–Crippen LogP) is 9.48. The number of carbonyl (C=O) groups is 3. The summed E-state index contributed by atoms with van der Waals surface area (Å²) in [7, 11) is -14.4. The quantitative estimate of drug-likeness (QED) is 0.00732. The molecule has 7 unspecified atom stereocenters. The van der Waals surface area contributed by atoms with Gasteiger partial charge in [0.15, 0.2) is 50.3 Å². The molecule has 0 aliphatic carbocycles. The van der Waals surface area contributed by atoms with E-state index in [4.69, 9.17) is 91.8 Å². The van der Waals surface area contributed by atoms with Crippen LogP contribution in [-0.4, -0.2) is 172 Å². The van der Waals surface area contributed by atoms with E-state index in [9.17, 15) is 56.2 Å². The minimum Gasteiger partial charge on any atom is -0.465 e. The van der Waals surface area contributed by atoms with E-state index in [1.807, 2.05) is 30.3 Å². The summed E-state index contributed by atoms with van der Waals surface area (Å²) in [6.07, 6.45) is 4.57. The highest BCUT2D eigenvalue weighted by molar-refractivity contribution is 7.57. The van der Waals surface area contributed by atoms with Crippen LogP contribution in [0.4, 0.5) is 33.9 Å². The van der Waals surface area contributed by atoms with E-state index in [1.165, 1.54) is 64.3 Å². The Kier molecular flexibility index (Phi) is 37.2. The molecular weight excluding hydrogens is 1830 g/mol. The van der Waals surface area contributed by atoms with Crippen molar-refractivity contribution >= 4 is 133 Å². The summed E-state index contributed by atoms with van der Waals surface area (Å²) in [6, 6.07) is 29.9. The Bertz CT molecular complexity index is 6620. The molecule has 15 N–H and O–H groups in total. The second kappa shape index (κ2) is 48.2. The third-order valence-electron chi connectivity index (χ3n) is 18.6. The van der Waals surface area contributed by atoms with Gasteiger partial charge in [-0.05, 0) is 107 Å². The molecule has 7 atom stereocenters. The summed E-state index contributed by atoms with van der Waals surface area (Å²) < 4.78 is 134. The maximum atomic E-state index is 13.5. The van der Waals surface area contributed by atoms with Crippen LogP contribution in [0.2, 0.25) is 5.02 Å². The number of aromatic nitrogens is 16. The van der Waals surface area contributed by atoms with Gasteiger partial charge in [0, 0.05) is 31.2 Å². The lowest BCUT2D eigenvalue weighted by Gasteiger charge is -2.23. The number of esters is 1. The van der Waals surface area contributed by atoms with Crippen molar-refractivity contribution in [2.75, 3.05) is 81.4 Å². The van der Waals surface area contributed by atoms with Crippen LogP contribution >= 0.6 is 41.8 Å². The number of nitrogens with one attached hydrogen (secondary N) is 7. The monoisotopic (exact) mass is 1920 g/mol. The molecule has 132 heavy (non-hydrogen) atoms. The van der Waals surface area contributed by atoms with E-state index in [0.29, 0.717) is 51.3 Å². The van der Waals surface area contributed by atoms with Crippen LogP contribution in [0.25, 0.3) is 49.5 Å². The lowest BCUT2D eigenvalue weighted by atomic mass is 10.2. The predicted molar refractivity (Wildman–Crippen MR) is 484 cm³/mol. The molecule has 0 bridgehead atoms. The molecule has 13 aromatic rings. The highest BCUT2D eigenvalue weighted by Crippen LogP contribution is 2.50. The molecule has 0 amide bonds. The van der Waals surface area contributed by atoms with E-state index in [-0.39, 0.29) is 174 Å². The van der Waals surface area contributed by atoms with Gasteiger partial charge in [-0.1, -0.05) is 90.5 Å². The molecule has 0 fully saturated rings. The SMILES string of the molecule is CC(=O)C(C)NP(=O)(COCCn1cnc2c(=O)[nH]c(N)nc21)OCc1cccc(Cl)c1.CC(=O)C(C)NP(=O)(COCCn1cnc2c(=O)[nH]c(N)nc21)OCc1ccccc1.CCOC(=O)C(C)NP(=O)(COCCn1cnc2c(=O)[nH]c(N)nc21)OCc1cccc(F)c1.[C-]#[N+]c1ccc(COP(=O)(COCCn2cnc3c(=O)[nH]c(N)nc32)OCc2ccc(C)o2)cc1. The third-order valence-corrected chi connectivity index (χ3v) is 25.9. The Balaban J connectivity index is 0.000000183. The number of nitrogens with two attached hydrogens (primary N) is 4. The number of hydrogen-bond acceptors (Lipinski definition) is 34. The number of hydrogen-bond donors (Lipinski definition) is 11. The Morgan fingerprint density at radius 2 is 0.848 bits per heavy atom. The van der Waals surface area contributed by atoms with E-state index in [0.717, 1.165) is 16.7 Å². The maximum absolute atomic E-state index is 13.5. The van der Waals surface area contributed by atoms with Crippen molar-refractivity contribution in [2.24, 2.45) is 0 Å². The number of halogens is 2. The van der Waals surface area contributed by atoms with Gasteiger partial charge in [-0.15, -0.1) is 0 Å². The summed E-state index contributed by atoms with van der Waals surface area (Å²) in [5.74, 6) is -0.300. The number of aryl methyl sites for hydroxylation is 1. The number of H-pyrrole nitrogens is 4. The Hall–Kier alpha value is -12.3. The number of ketones is 2. The van der Waals surface area contributed by atoms with Gasteiger partial charge in [-0.2, -0.15) is 19.9 Å². The van der Waals surface area contributed by atoms with Gasteiger partial charge in [-0.3, -0.25) is 76.3 Å². The second-order valence-corrected chi connectivity index (χ2v) is 37.8.